The van der Waals surface area contributed by atoms with E-state index in [1.165, 1.54) is 16.2 Å². The van der Waals surface area contributed by atoms with E-state index in [0.29, 0.717) is 65.9 Å². The van der Waals surface area contributed by atoms with E-state index in [1.807, 2.05) is 49.6 Å². The summed E-state index contributed by atoms with van der Waals surface area (Å²) in [5.74, 6) is 0.0627. The van der Waals surface area contributed by atoms with Crippen LogP contribution < -0.4 is 30.1 Å². The van der Waals surface area contributed by atoms with Crippen LogP contribution in [0, 0.1) is 5.92 Å². The van der Waals surface area contributed by atoms with Gasteiger partial charge in [0.15, 0.2) is 5.13 Å². The second kappa shape index (κ2) is 17.8. The Balaban J connectivity index is 1.11. The van der Waals surface area contributed by atoms with Crippen molar-refractivity contribution in [2.75, 3.05) is 19.0 Å². The van der Waals surface area contributed by atoms with E-state index in [9.17, 15) is 22.8 Å². The van der Waals surface area contributed by atoms with Crippen LogP contribution in [0.4, 0.5) is 9.93 Å². The molecule has 4 N–H and O–H groups in total. The highest BCUT2D eigenvalue weighted by molar-refractivity contribution is 7.90. The fraction of sp³-hybridized carbons (Fsp3) is 0.568. The third-order valence-corrected chi connectivity index (χ3v) is 15.0. The molecule has 0 bridgehead atoms. The first-order valence-electron chi connectivity index (χ1n) is 21.7. The van der Waals surface area contributed by atoms with Gasteiger partial charge in [0.2, 0.25) is 21.8 Å². The minimum absolute atomic E-state index is 0.0484. The Kier molecular flexibility index (Phi) is 12.5. The minimum atomic E-state index is -3.66. The normalized spacial score (nSPS) is 26.7. The summed E-state index contributed by atoms with van der Waals surface area (Å²) >= 11 is 1.47. The lowest BCUT2D eigenvalue weighted by atomic mass is 10.0. The third-order valence-electron chi connectivity index (χ3n) is 12.3. The number of aromatic nitrogens is 2. The lowest BCUT2D eigenvalue weighted by molar-refractivity contribution is -0.140. The maximum absolute atomic E-state index is 14.8. The molecule has 0 radical (unpaired) electrons. The Morgan fingerprint density at radius 2 is 1.80 bits per heavy atom. The van der Waals surface area contributed by atoms with Crippen molar-refractivity contribution in [2.45, 2.75) is 138 Å². The van der Waals surface area contributed by atoms with Gasteiger partial charge >= 0.3 is 6.09 Å². The van der Waals surface area contributed by atoms with Gasteiger partial charge in [0, 0.05) is 47.0 Å². The molecule has 61 heavy (non-hydrogen) atoms. The minimum Gasteiger partial charge on any atom is -0.497 e. The predicted molar refractivity (Wildman–Crippen MR) is 234 cm³/mol. The average Bonchev–Trinajstić information content (AvgIpc) is 4.00. The molecule has 15 nitrogen and oxygen atoms in total. The standard InChI is InChI=1S/C44H57N7O8S2/c1-26(2)45-42-47-37(25-60-42)36-22-39(33-19-16-30(57-4)20-35(33)46-36)58-31-21-38-40(52)49-44(27(3)50-61(55,56)32-17-18-32)23-28(44)12-8-6-5-7-9-15-34(41(53)51(38)24-31)48-43(54)59-29-13-10-11-14-29/h8,12,16,19-20,22,25-26,28-29,31-32,34,38,50H,3,5-7,9-11,13-15,17-18,21,23-24H2,1-2,4H3,(H,45,47)(H,48,54)(H,49,52)/b12-8-/t28?,31-,34+,38+,44+/m1/s1. The monoisotopic (exact) mass is 875 g/mol. The lowest BCUT2D eigenvalue weighted by Crippen LogP contribution is -2.56. The van der Waals surface area contributed by atoms with Crippen LogP contribution in [0.3, 0.4) is 0 Å². The molecule has 4 fully saturated rings. The van der Waals surface area contributed by atoms with Gasteiger partial charge < -0.3 is 35.1 Å². The number of carbonyl (C=O) groups is 3. The number of carbonyl (C=O) groups excluding carboxylic acids is 3. The molecular formula is C44H57N7O8S2. The fourth-order valence-electron chi connectivity index (χ4n) is 8.74. The Morgan fingerprint density at radius 1 is 1.02 bits per heavy atom. The highest BCUT2D eigenvalue weighted by atomic mass is 32.2. The van der Waals surface area contributed by atoms with Crippen LogP contribution >= 0.6 is 11.3 Å². The quantitative estimate of drug-likeness (QED) is 0.144. The van der Waals surface area contributed by atoms with Gasteiger partial charge in [0.1, 0.15) is 41.5 Å². The van der Waals surface area contributed by atoms with E-state index >= 15 is 0 Å². The summed E-state index contributed by atoms with van der Waals surface area (Å²) in [6.45, 7) is 8.29. The number of thiazole rings is 1. The molecule has 328 valence electrons. The van der Waals surface area contributed by atoms with Crippen LogP contribution in [0.1, 0.15) is 97.3 Å². The van der Waals surface area contributed by atoms with Gasteiger partial charge in [-0.15, -0.1) is 11.3 Å². The fourth-order valence-corrected chi connectivity index (χ4v) is 11.0. The number of amides is 3. The van der Waals surface area contributed by atoms with Crippen molar-refractivity contribution in [3.63, 3.8) is 0 Å². The van der Waals surface area contributed by atoms with Crippen molar-refractivity contribution in [1.29, 1.82) is 0 Å². The number of pyridine rings is 1. The number of nitrogens with one attached hydrogen (secondary N) is 4. The first kappa shape index (κ1) is 42.8. The van der Waals surface area contributed by atoms with Gasteiger partial charge in [0.25, 0.3) is 0 Å². The van der Waals surface area contributed by atoms with E-state index in [1.54, 1.807) is 7.11 Å². The Bertz CT molecular complexity index is 2290. The molecule has 0 spiro atoms. The molecule has 1 aromatic carbocycles. The van der Waals surface area contributed by atoms with Crippen molar-refractivity contribution in [2.24, 2.45) is 5.92 Å². The molecule has 3 saturated carbocycles. The number of anilines is 1. The molecule has 3 aliphatic carbocycles. The number of ether oxygens (including phenoxy) is 3. The number of alkyl carbamates (subject to hydrolysis) is 1. The summed E-state index contributed by atoms with van der Waals surface area (Å²) in [4.78, 5) is 54.1. The van der Waals surface area contributed by atoms with E-state index in [0.717, 1.165) is 50.1 Å². The van der Waals surface area contributed by atoms with Gasteiger partial charge in [-0.05, 0) is 90.2 Å². The van der Waals surface area contributed by atoms with E-state index in [4.69, 9.17) is 24.2 Å². The van der Waals surface area contributed by atoms with Crippen molar-refractivity contribution in [1.82, 2.24) is 30.2 Å². The predicted octanol–water partition coefficient (Wildman–Crippen LogP) is 6.56. The Hall–Kier alpha value is -4.90. The molecule has 3 aromatic rings. The molecule has 1 unspecified atom stereocenters. The molecule has 17 heteroatoms. The van der Waals surface area contributed by atoms with Crippen molar-refractivity contribution in [3.8, 4) is 22.9 Å². The molecular weight excluding hydrogens is 819 g/mol. The van der Waals surface area contributed by atoms with Gasteiger partial charge in [-0.25, -0.2) is 23.2 Å². The maximum atomic E-state index is 14.8. The second-order valence-electron chi connectivity index (χ2n) is 17.4. The van der Waals surface area contributed by atoms with Gasteiger partial charge in [-0.2, -0.15) is 0 Å². The summed E-state index contributed by atoms with van der Waals surface area (Å²) in [5.41, 5.74) is 0.998. The average molecular weight is 876 g/mol. The number of hydrogen-bond donors (Lipinski definition) is 4. The molecule has 2 aliphatic heterocycles. The number of nitrogens with zero attached hydrogens (tertiary/aromatic N) is 3. The summed E-state index contributed by atoms with van der Waals surface area (Å²) in [7, 11) is -2.07. The van der Waals surface area contributed by atoms with Crippen LogP contribution in [-0.4, -0.2) is 96.0 Å². The number of fused-ring (bicyclic) bond motifs is 3. The molecule has 4 heterocycles. The first-order valence-corrected chi connectivity index (χ1v) is 24.1. The molecule has 8 rings (SSSR count). The summed E-state index contributed by atoms with van der Waals surface area (Å²) in [6, 6.07) is 5.59. The van der Waals surface area contributed by atoms with Crippen molar-refractivity contribution in [3.05, 3.63) is 54.1 Å². The number of methoxy groups -OCH3 is 1. The lowest BCUT2D eigenvalue weighted by Gasteiger charge is -2.30. The number of sulfonamides is 1. The number of hydrogen-bond acceptors (Lipinski definition) is 12. The highest BCUT2D eigenvalue weighted by Gasteiger charge is 2.59. The van der Waals surface area contributed by atoms with Crippen LogP contribution in [0.25, 0.3) is 22.3 Å². The third kappa shape index (κ3) is 9.77. The van der Waals surface area contributed by atoms with Gasteiger partial charge in [0.05, 0.1) is 35.7 Å². The molecule has 3 amide bonds. The first-order chi connectivity index (χ1) is 29.3. The summed E-state index contributed by atoms with van der Waals surface area (Å²) in [6.07, 6.45) is 11.4. The molecule has 5 atom stereocenters. The summed E-state index contributed by atoms with van der Waals surface area (Å²) in [5, 5.41) is 12.3. The zero-order valence-electron chi connectivity index (χ0n) is 35.1. The smallest absolute Gasteiger partial charge is 0.408 e. The maximum Gasteiger partial charge on any atom is 0.408 e. The highest BCUT2D eigenvalue weighted by Crippen LogP contribution is 2.50. The largest absolute Gasteiger partial charge is 0.497 e. The molecule has 5 aliphatic rings. The van der Waals surface area contributed by atoms with E-state index < -0.39 is 56.9 Å². The van der Waals surface area contributed by atoms with E-state index in [-0.39, 0.29) is 36.7 Å². The van der Waals surface area contributed by atoms with Crippen LogP contribution in [0.15, 0.2) is 54.1 Å². The zero-order chi connectivity index (χ0) is 42.9. The van der Waals surface area contributed by atoms with Crippen LogP contribution in [0.5, 0.6) is 11.5 Å². The van der Waals surface area contributed by atoms with Crippen molar-refractivity contribution < 1.29 is 37.0 Å². The van der Waals surface area contributed by atoms with Gasteiger partial charge in [-0.1, -0.05) is 31.6 Å². The Morgan fingerprint density at radius 3 is 2.56 bits per heavy atom. The zero-order valence-corrected chi connectivity index (χ0v) is 36.7. The number of allylic oxidation sites excluding steroid dienone is 1. The topological polar surface area (TPSA) is 190 Å². The Labute approximate surface area is 361 Å². The number of benzene rings is 1. The number of rotatable bonds is 12. The molecule has 1 saturated heterocycles. The second-order valence-corrected chi connectivity index (χ2v) is 20.2. The van der Waals surface area contributed by atoms with Crippen LogP contribution in [0.2, 0.25) is 0 Å². The summed E-state index contributed by atoms with van der Waals surface area (Å²) < 4.78 is 47.0. The van der Waals surface area contributed by atoms with E-state index in [2.05, 4.69) is 33.3 Å². The molecule has 2 aromatic heterocycles. The van der Waals surface area contributed by atoms with Crippen LogP contribution in [-0.2, 0) is 24.3 Å². The van der Waals surface area contributed by atoms with Crippen molar-refractivity contribution >= 4 is 55.3 Å². The SMILES string of the molecule is C=C(NS(=O)(=O)C1CC1)[C@@]12CC1/C=C\CCCCC[C@H](NC(=O)OC1CCCC1)C(=O)N1C[C@H](Oc3cc(-c4csc(NC(C)C)n4)nc4cc(OC)ccc34)C[C@H]1C(=O)N2. The van der Waals surface area contributed by atoms with Gasteiger partial charge in [-0.3, -0.25) is 14.3 Å².